The lowest BCUT2D eigenvalue weighted by atomic mass is 10.1. The molecular formula is C21H19ClN4S2. The van der Waals surface area contributed by atoms with Crippen LogP contribution < -0.4 is 0 Å². The predicted octanol–water partition coefficient (Wildman–Crippen LogP) is 5.34. The number of rotatable bonds is 4. The number of hydrogen-bond acceptors (Lipinski definition) is 6. The van der Waals surface area contributed by atoms with E-state index in [-0.39, 0.29) is 0 Å². The summed E-state index contributed by atoms with van der Waals surface area (Å²) in [5, 5.41) is 5.18. The van der Waals surface area contributed by atoms with E-state index in [1.165, 1.54) is 16.8 Å². The van der Waals surface area contributed by atoms with Crippen LogP contribution in [0.1, 0.15) is 11.1 Å². The lowest BCUT2D eigenvalue weighted by Crippen LogP contribution is -2.29. The first-order chi connectivity index (χ1) is 13.8. The third kappa shape index (κ3) is 3.69. The molecule has 3 aliphatic heterocycles. The Morgan fingerprint density at radius 2 is 2.04 bits per heavy atom. The SMILES string of the molecule is Clc1ccc2c(c1)CN1C(CSC3=NCCN3Cc3ccccc3)=CSC1=N2. The highest BCUT2D eigenvalue weighted by Gasteiger charge is 2.28. The van der Waals surface area contributed by atoms with E-state index in [1.54, 1.807) is 11.8 Å². The van der Waals surface area contributed by atoms with Crippen molar-refractivity contribution < 1.29 is 0 Å². The maximum Gasteiger partial charge on any atom is 0.173 e. The van der Waals surface area contributed by atoms with Crippen molar-refractivity contribution in [1.82, 2.24) is 9.80 Å². The summed E-state index contributed by atoms with van der Waals surface area (Å²) >= 11 is 9.70. The Morgan fingerprint density at radius 3 is 2.93 bits per heavy atom. The third-order valence-corrected chi connectivity index (χ3v) is 7.15. The highest BCUT2D eigenvalue weighted by molar-refractivity contribution is 8.17. The van der Waals surface area contributed by atoms with E-state index >= 15 is 0 Å². The molecule has 3 aliphatic rings. The summed E-state index contributed by atoms with van der Waals surface area (Å²) in [5.74, 6) is 0.895. The van der Waals surface area contributed by atoms with E-state index < -0.39 is 0 Å². The first-order valence-electron chi connectivity index (χ1n) is 9.23. The zero-order valence-corrected chi connectivity index (χ0v) is 17.6. The smallest absolute Gasteiger partial charge is 0.173 e. The Hall–Kier alpha value is -1.89. The van der Waals surface area contributed by atoms with Gasteiger partial charge in [-0.3, -0.25) is 4.99 Å². The normalized spacial score (nSPS) is 17.8. The minimum absolute atomic E-state index is 0.765. The van der Waals surface area contributed by atoms with Gasteiger partial charge in [0.15, 0.2) is 10.3 Å². The first-order valence-corrected chi connectivity index (χ1v) is 11.5. The molecular weight excluding hydrogens is 408 g/mol. The van der Waals surface area contributed by atoms with Crippen molar-refractivity contribution in [1.29, 1.82) is 0 Å². The zero-order valence-electron chi connectivity index (χ0n) is 15.2. The molecule has 0 bridgehead atoms. The van der Waals surface area contributed by atoms with Gasteiger partial charge >= 0.3 is 0 Å². The molecule has 0 atom stereocenters. The Bertz CT molecular complexity index is 987. The van der Waals surface area contributed by atoms with Crippen molar-refractivity contribution >= 4 is 51.1 Å². The maximum absolute atomic E-state index is 6.17. The van der Waals surface area contributed by atoms with Crippen LogP contribution in [0.15, 0.2) is 69.6 Å². The van der Waals surface area contributed by atoms with Gasteiger partial charge in [-0.25, -0.2) is 4.99 Å². The summed E-state index contributed by atoms with van der Waals surface area (Å²) in [4.78, 5) is 14.2. The van der Waals surface area contributed by atoms with Gasteiger partial charge in [-0.15, -0.1) is 0 Å². The Labute approximate surface area is 178 Å². The second kappa shape index (κ2) is 7.85. The van der Waals surface area contributed by atoms with Crippen molar-refractivity contribution in [2.45, 2.75) is 13.1 Å². The fraction of sp³-hybridized carbons (Fsp3) is 0.238. The summed E-state index contributed by atoms with van der Waals surface area (Å²) < 4.78 is 0. The third-order valence-electron chi connectivity index (χ3n) is 4.92. The largest absolute Gasteiger partial charge is 0.345 e. The van der Waals surface area contributed by atoms with Crippen LogP contribution >= 0.6 is 35.1 Å². The van der Waals surface area contributed by atoms with Crippen LogP contribution in [-0.4, -0.2) is 39.0 Å². The highest BCUT2D eigenvalue weighted by Crippen LogP contribution is 2.38. The van der Waals surface area contributed by atoms with Crippen LogP contribution in [0.3, 0.4) is 0 Å². The standard InChI is InChI=1S/C21H19ClN4S2/c22-17-6-7-19-16(10-17)12-26-18(14-28-21(26)24-19)13-27-20-23-8-9-25(20)11-15-4-2-1-3-5-15/h1-7,10,14H,8-9,11-13H2. The molecule has 0 N–H and O–H groups in total. The fourth-order valence-corrected chi connectivity index (χ4v) is 5.74. The van der Waals surface area contributed by atoms with Crippen LogP contribution in [0.4, 0.5) is 5.69 Å². The van der Waals surface area contributed by atoms with E-state index in [2.05, 4.69) is 45.5 Å². The Balaban J connectivity index is 1.24. The average molecular weight is 427 g/mol. The number of halogens is 1. The minimum atomic E-state index is 0.765. The van der Waals surface area contributed by atoms with Crippen LogP contribution in [0.2, 0.25) is 5.02 Å². The summed E-state index contributed by atoms with van der Waals surface area (Å²) in [6.07, 6.45) is 0. The molecule has 4 nitrogen and oxygen atoms in total. The van der Waals surface area contributed by atoms with E-state index in [0.29, 0.717) is 0 Å². The number of nitrogens with zero attached hydrogens (tertiary/aromatic N) is 4. The van der Waals surface area contributed by atoms with Crippen molar-refractivity contribution in [3.05, 3.63) is 75.8 Å². The first kappa shape index (κ1) is 18.2. The topological polar surface area (TPSA) is 31.2 Å². The molecule has 142 valence electrons. The number of amidine groups is 2. The van der Waals surface area contributed by atoms with Gasteiger partial charge in [-0.2, -0.15) is 0 Å². The number of hydrogen-bond donors (Lipinski definition) is 0. The van der Waals surface area contributed by atoms with Gasteiger partial charge in [-0.05, 0) is 34.7 Å². The lowest BCUT2D eigenvalue weighted by Gasteiger charge is -2.27. The van der Waals surface area contributed by atoms with Crippen molar-refractivity contribution in [3.8, 4) is 0 Å². The zero-order chi connectivity index (χ0) is 18.9. The van der Waals surface area contributed by atoms with E-state index in [0.717, 1.165) is 53.0 Å². The fourth-order valence-electron chi connectivity index (χ4n) is 3.49. The second-order valence-electron chi connectivity index (χ2n) is 6.84. The van der Waals surface area contributed by atoms with E-state index in [1.807, 2.05) is 30.0 Å². The van der Waals surface area contributed by atoms with Crippen LogP contribution in [0, 0.1) is 0 Å². The van der Waals surface area contributed by atoms with Crippen LogP contribution in [-0.2, 0) is 13.1 Å². The summed E-state index contributed by atoms with van der Waals surface area (Å²) in [5.41, 5.74) is 4.82. The van der Waals surface area contributed by atoms with Crippen molar-refractivity contribution in [3.63, 3.8) is 0 Å². The summed E-state index contributed by atoms with van der Waals surface area (Å²) in [6.45, 7) is 3.62. The second-order valence-corrected chi connectivity index (χ2v) is 9.06. The Kier molecular flexibility index (Phi) is 5.09. The number of benzene rings is 2. The molecule has 7 heteroatoms. The van der Waals surface area contributed by atoms with Crippen molar-refractivity contribution in [2.75, 3.05) is 18.8 Å². The van der Waals surface area contributed by atoms with Crippen LogP contribution in [0.5, 0.6) is 0 Å². The highest BCUT2D eigenvalue weighted by atomic mass is 35.5. The van der Waals surface area contributed by atoms with Crippen LogP contribution in [0.25, 0.3) is 0 Å². The summed E-state index contributed by atoms with van der Waals surface area (Å²) in [6, 6.07) is 16.5. The molecule has 0 radical (unpaired) electrons. The van der Waals surface area contributed by atoms with Gasteiger partial charge in [-0.1, -0.05) is 65.5 Å². The molecule has 0 saturated carbocycles. The van der Waals surface area contributed by atoms with E-state index in [9.17, 15) is 0 Å². The Morgan fingerprint density at radius 1 is 1.14 bits per heavy atom. The van der Waals surface area contributed by atoms with Gasteiger partial charge in [0.1, 0.15) is 0 Å². The van der Waals surface area contributed by atoms with Gasteiger partial charge < -0.3 is 9.80 Å². The monoisotopic (exact) mass is 426 g/mol. The molecule has 0 amide bonds. The molecule has 28 heavy (non-hydrogen) atoms. The molecule has 0 unspecified atom stereocenters. The van der Waals surface area contributed by atoms with Gasteiger partial charge in [0.25, 0.3) is 0 Å². The lowest BCUT2D eigenvalue weighted by molar-refractivity contribution is 0.459. The molecule has 2 aromatic carbocycles. The van der Waals surface area contributed by atoms with Gasteiger partial charge in [0, 0.05) is 29.6 Å². The number of fused-ring (bicyclic) bond motifs is 2. The molecule has 0 aromatic heterocycles. The van der Waals surface area contributed by atoms with Gasteiger partial charge in [0.2, 0.25) is 0 Å². The van der Waals surface area contributed by atoms with Crippen molar-refractivity contribution in [2.24, 2.45) is 9.98 Å². The predicted molar refractivity (Wildman–Crippen MR) is 121 cm³/mol. The number of aliphatic imine (C=N–C) groups is 2. The van der Waals surface area contributed by atoms with Gasteiger partial charge in [0.05, 0.1) is 18.8 Å². The molecule has 0 saturated heterocycles. The number of thioether (sulfide) groups is 2. The molecule has 0 fully saturated rings. The molecule has 2 aromatic rings. The quantitative estimate of drug-likeness (QED) is 0.660. The maximum atomic E-state index is 6.17. The molecule has 0 spiro atoms. The van der Waals surface area contributed by atoms with E-state index in [4.69, 9.17) is 21.6 Å². The average Bonchev–Trinajstić information content (AvgIpc) is 3.32. The summed E-state index contributed by atoms with van der Waals surface area (Å²) in [7, 11) is 0. The minimum Gasteiger partial charge on any atom is -0.345 e. The molecule has 3 heterocycles. The molecule has 5 rings (SSSR count). The molecule has 0 aliphatic carbocycles.